The molecular weight excluding hydrogens is 501 g/mol. The van der Waals surface area contributed by atoms with Gasteiger partial charge in [-0.2, -0.15) is 0 Å². The lowest BCUT2D eigenvalue weighted by atomic mass is 9.94. The number of benzene rings is 1. The summed E-state index contributed by atoms with van der Waals surface area (Å²) in [5, 5.41) is 12.0. The largest absolute Gasteiger partial charge is 0.360 e. The second-order valence-corrected chi connectivity index (χ2v) is 8.50. The highest BCUT2D eigenvalue weighted by Gasteiger charge is 2.31. The van der Waals surface area contributed by atoms with Crippen molar-refractivity contribution in [3.8, 4) is 0 Å². The number of carbonyl (C=O) groups excluding carboxylic acids is 1. The molecule has 5 rings (SSSR count). The molecule has 8 nitrogen and oxygen atoms in total. The van der Waals surface area contributed by atoms with Gasteiger partial charge in [0.1, 0.15) is 16.7 Å². The normalized spacial score (nSPS) is 17.7. The van der Waals surface area contributed by atoms with E-state index in [0.717, 1.165) is 5.56 Å². The fourth-order valence-corrected chi connectivity index (χ4v) is 4.75. The van der Waals surface area contributed by atoms with E-state index in [2.05, 4.69) is 20.8 Å². The van der Waals surface area contributed by atoms with Crippen LogP contribution >= 0.6 is 36.4 Å². The van der Waals surface area contributed by atoms with Crippen LogP contribution in [-0.4, -0.2) is 33.7 Å². The molecule has 2 unspecified atom stereocenters. The van der Waals surface area contributed by atoms with Crippen molar-refractivity contribution in [2.24, 2.45) is 5.92 Å². The fourth-order valence-electron chi connectivity index (χ4n) is 4.49. The number of amides is 1. The monoisotopic (exact) mass is 523 g/mol. The van der Waals surface area contributed by atoms with Crippen LogP contribution in [0.3, 0.4) is 0 Å². The van der Waals surface area contributed by atoms with Crippen molar-refractivity contribution in [2.45, 2.75) is 25.9 Å². The Balaban J connectivity index is 0.00000162. The molecule has 34 heavy (non-hydrogen) atoms. The van der Waals surface area contributed by atoms with Crippen LogP contribution in [0.25, 0.3) is 21.8 Å². The number of aromatic nitrogens is 3. The molecule has 1 aliphatic rings. The van der Waals surface area contributed by atoms with E-state index in [1.807, 2.05) is 24.3 Å². The van der Waals surface area contributed by atoms with E-state index >= 15 is 0 Å². The van der Waals surface area contributed by atoms with Crippen molar-refractivity contribution < 1.29 is 9.32 Å². The zero-order valence-corrected chi connectivity index (χ0v) is 20.7. The number of hydrogen-bond acceptors (Lipinski definition) is 6. The van der Waals surface area contributed by atoms with Gasteiger partial charge in [-0.05, 0) is 37.1 Å². The summed E-state index contributed by atoms with van der Waals surface area (Å²) in [5.74, 6) is 0.129. The van der Waals surface area contributed by atoms with Crippen LogP contribution in [0.2, 0.25) is 5.02 Å². The summed E-state index contributed by atoms with van der Waals surface area (Å²) in [6.07, 6.45) is 3.96. The second kappa shape index (κ2) is 10.7. The number of piperidine rings is 1. The molecule has 1 amide bonds. The van der Waals surface area contributed by atoms with E-state index in [4.69, 9.17) is 16.1 Å². The minimum Gasteiger partial charge on any atom is -0.360 e. The molecule has 3 aromatic heterocycles. The summed E-state index contributed by atoms with van der Waals surface area (Å²) >= 11 is 6.51. The van der Waals surface area contributed by atoms with Gasteiger partial charge < -0.3 is 19.7 Å². The molecule has 0 saturated carbocycles. The van der Waals surface area contributed by atoms with Gasteiger partial charge in [-0.1, -0.05) is 28.9 Å². The summed E-state index contributed by atoms with van der Waals surface area (Å²) in [5.41, 5.74) is 1.91. The molecule has 0 spiro atoms. The van der Waals surface area contributed by atoms with Crippen LogP contribution < -0.4 is 16.2 Å². The molecular formula is C23H24Cl3N5O3. The zero-order chi connectivity index (χ0) is 22.2. The molecule has 1 aliphatic heterocycles. The third-order valence-corrected chi connectivity index (χ3v) is 6.35. The summed E-state index contributed by atoms with van der Waals surface area (Å²) in [4.78, 5) is 30.5. The zero-order valence-electron chi connectivity index (χ0n) is 18.3. The average molecular weight is 525 g/mol. The Bertz CT molecular complexity index is 1370. The summed E-state index contributed by atoms with van der Waals surface area (Å²) in [7, 11) is 0. The van der Waals surface area contributed by atoms with Crippen molar-refractivity contribution in [1.29, 1.82) is 0 Å². The maximum atomic E-state index is 13.5. The van der Waals surface area contributed by atoms with Gasteiger partial charge in [0.15, 0.2) is 0 Å². The molecule has 1 aromatic carbocycles. The fraction of sp³-hybridized carbons (Fsp3) is 0.304. The quantitative estimate of drug-likeness (QED) is 0.421. The molecule has 4 heterocycles. The summed E-state index contributed by atoms with van der Waals surface area (Å²) in [6, 6.07) is 8.99. The number of nitrogens with one attached hydrogen (secondary N) is 2. The molecule has 4 aromatic rings. The van der Waals surface area contributed by atoms with Gasteiger partial charge in [-0.3, -0.25) is 14.6 Å². The minimum atomic E-state index is -0.272. The molecule has 180 valence electrons. The van der Waals surface area contributed by atoms with Gasteiger partial charge in [0.2, 0.25) is 5.91 Å². The SMILES string of the molecule is Cc1onc2c1c(=O)n(C1CNCC(C(=O)NCc3cccnc3)C1)c1cccc(Cl)c21.Cl.Cl. The number of halogens is 3. The average Bonchev–Trinajstić information content (AvgIpc) is 3.20. The molecule has 0 bridgehead atoms. The highest BCUT2D eigenvalue weighted by molar-refractivity contribution is 6.37. The van der Waals surface area contributed by atoms with Crippen molar-refractivity contribution >= 4 is 64.1 Å². The van der Waals surface area contributed by atoms with E-state index in [-0.39, 0.29) is 48.2 Å². The van der Waals surface area contributed by atoms with Gasteiger partial charge in [0, 0.05) is 37.4 Å². The van der Waals surface area contributed by atoms with E-state index in [9.17, 15) is 9.59 Å². The summed E-state index contributed by atoms with van der Waals surface area (Å²) < 4.78 is 7.07. The first-order chi connectivity index (χ1) is 15.5. The lowest BCUT2D eigenvalue weighted by Crippen LogP contribution is -2.46. The van der Waals surface area contributed by atoms with Gasteiger partial charge in [0.25, 0.3) is 5.56 Å². The third-order valence-electron chi connectivity index (χ3n) is 6.04. The van der Waals surface area contributed by atoms with Gasteiger partial charge >= 0.3 is 0 Å². The Hall–Kier alpha value is -2.65. The number of pyridine rings is 2. The Kier molecular flexibility index (Phi) is 8.20. The Morgan fingerprint density at radius 2 is 2.06 bits per heavy atom. The van der Waals surface area contributed by atoms with E-state index in [1.165, 1.54) is 0 Å². The van der Waals surface area contributed by atoms with Crippen molar-refractivity contribution in [3.05, 3.63) is 69.4 Å². The van der Waals surface area contributed by atoms with E-state index in [0.29, 0.717) is 58.6 Å². The molecule has 0 aliphatic carbocycles. The second-order valence-electron chi connectivity index (χ2n) is 8.10. The number of fused-ring (bicyclic) bond motifs is 3. The predicted molar refractivity (Wildman–Crippen MR) is 136 cm³/mol. The van der Waals surface area contributed by atoms with Crippen LogP contribution in [0.4, 0.5) is 0 Å². The lowest BCUT2D eigenvalue weighted by molar-refractivity contribution is -0.126. The highest BCUT2D eigenvalue weighted by atomic mass is 35.5. The topological polar surface area (TPSA) is 102 Å². The Labute approximate surface area is 212 Å². The van der Waals surface area contributed by atoms with Crippen molar-refractivity contribution in [2.75, 3.05) is 13.1 Å². The van der Waals surface area contributed by atoms with Crippen LogP contribution in [0, 0.1) is 12.8 Å². The molecule has 11 heteroatoms. The first-order valence-electron chi connectivity index (χ1n) is 10.5. The molecule has 0 radical (unpaired) electrons. The van der Waals surface area contributed by atoms with Gasteiger partial charge in [0.05, 0.1) is 22.5 Å². The standard InChI is InChI=1S/C23H22ClN5O3.2ClH/c1-13-19-21(28-32-13)20-17(24)5-2-6-18(20)29(23(19)31)16-8-15(11-26-12-16)22(30)27-10-14-4-3-7-25-9-14;;/h2-7,9,15-16,26H,8,10-12H2,1H3,(H,27,30);2*1H. The first-order valence-corrected chi connectivity index (χ1v) is 10.9. The van der Waals surface area contributed by atoms with Crippen LogP contribution in [0.15, 0.2) is 52.0 Å². The lowest BCUT2D eigenvalue weighted by Gasteiger charge is -2.31. The predicted octanol–water partition coefficient (Wildman–Crippen LogP) is 3.81. The molecule has 2 atom stereocenters. The maximum Gasteiger partial charge on any atom is 0.264 e. The number of aryl methyl sites for hydroxylation is 1. The molecule has 1 fully saturated rings. The number of nitrogens with zero attached hydrogens (tertiary/aromatic N) is 3. The Morgan fingerprint density at radius 1 is 1.24 bits per heavy atom. The maximum absolute atomic E-state index is 13.5. The highest BCUT2D eigenvalue weighted by Crippen LogP contribution is 2.33. The van der Waals surface area contributed by atoms with Crippen LogP contribution in [0.5, 0.6) is 0 Å². The summed E-state index contributed by atoms with van der Waals surface area (Å²) in [6.45, 7) is 3.26. The van der Waals surface area contributed by atoms with Crippen LogP contribution in [-0.2, 0) is 11.3 Å². The van der Waals surface area contributed by atoms with Crippen molar-refractivity contribution in [3.63, 3.8) is 0 Å². The van der Waals surface area contributed by atoms with Gasteiger partial charge in [-0.25, -0.2) is 0 Å². The first kappa shape index (κ1) is 26.0. The number of carbonyl (C=O) groups is 1. The van der Waals surface area contributed by atoms with Gasteiger partial charge in [-0.15, -0.1) is 24.8 Å². The molecule has 1 saturated heterocycles. The Morgan fingerprint density at radius 3 is 2.82 bits per heavy atom. The molecule has 2 N–H and O–H groups in total. The van der Waals surface area contributed by atoms with Crippen molar-refractivity contribution in [1.82, 2.24) is 25.3 Å². The van der Waals surface area contributed by atoms with E-state index < -0.39 is 0 Å². The third kappa shape index (κ3) is 4.63. The smallest absolute Gasteiger partial charge is 0.264 e. The number of hydrogen-bond donors (Lipinski definition) is 2. The van der Waals surface area contributed by atoms with E-state index in [1.54, 1.807) is 30.0 Å². The number of rotatable bonds is 4. The minimum absolute atomic E-state index is 0. The van der Waals surface area contributed by atoms with Crippen LogP contribution in [0.1, 0.15) is 23.8 Å².